The third kappa shape index (κ3) is 4.21. The molecule has 1 aliphatic rings. The van der Waals surface area contributed by atoms with E-state index in [1.165, 1.54) is 0 Å². The molecule has 2 amide bonds. The molecule has 0 aliphatic carbocycles. The third-order valence-corrected chi connectivity index (χ3v) is 5.04. The van der Waals surface area contributed by atoms with Gasteiger partial charge in [0.1, 0.15) is 5.69 Å². The molecule has 3 rings (SSSR count). The minimum absolute atomic E-state index is 0.168. The number of amides is 2. The Bertz CT molecular complexity index is 798. The second-order valence-electron chi connectivity index (χ2n) is 7.00. The van der Waals surface area contributed by atoms with Gasteiger partial charge in [-0.05, 0) is 37.8 Å². The smallest absolute Gasteiger partial charge is 0.294 e. The highest BCUT2D eigenvalue weighted by atomic mass is 16.2. The average Bonchev–Trinajstić information content (AvgIpc) is 3.10. The van der Waals surface area contributed by atoms with Crippen LogP contribution in [0.15, 0.2) is 30.3 Å². The number of anilines is 1. The first-order valence-corrected chi connectivity index (χ1v) is 9.84. The molecule has 0 fully saturated rings. The molecule has 6 nitrogen and oxygen atoms in total. The molecule has 1 N–H and O–H groups in total. The number of fused-ring (bicyclic) bond motifs is 1. The number of aromatic nitrogens is 2. The maximum absolute atomic E-state index is 13.1. The number of rotatable bonds is 7. The quantitative estimate of drug-likeness (QED) is 0.762. The minimum Gasteiger partial charge on any atom is -0.351 e. The van der Waals surface area contributed by atoms with E-state index in [0.717, 1.165) is 56.5 Å². The van der Waals surface area contributed by atoms with E-state index in [-0.39, 0.29) is 11.8 Å². The van der Waals surface area contributed by atoms with Gasteiger partial charge in [0.15, 0.2) is 0 Å². The first-order chi connectivity index (χ1) is 13.1. The molecule has 27 heavy (non-hydrogen) atoms. The average molecular weight is 368 g/mol. The number of imidazole rings is 1. The van der Waals surface area contributed by atoms with Crippen LogP contribution in [0.4, 0.5) is 5.69 Å². The molecule has 0 unspecified atom stereocenters. The summed E-state index contributed by atoms with van der Waals surface area (Å²) in [4.78, 5) is 31.8. The van der Waals surface area contributed by atoms with Crippen molar-refractivity contribution in [2.24, 2.45) is 0 Å². The summed E-state index contributed by atoms with van der Waals surface area (Å²) >= 11 is 0. The molecule has 144 valence electrons. The fraction of sp³-hybridized carbons (Fsp3) is 0.476. The van der Waals surface area contributed by atoms with Crippen molar-refractivity contribution in [3.8, 4) is 0 Å². The van der Waals surface area contributed by atoms with Gasteiger partial charge < -0.3 is 14.8 Å². The zero-order valence-electron chi connectivity index (χ0n) is 16.2. The maximum atomic E-state index is 13.1. The highest BCUT2D eigenvalue weighted by molar-refractivity contribution is 6.05. The summed E-state index contributed by atoms with van der Waals surface area (Å²) in [5.41, 5.74) is 2.11. The number of unbranched alkanes of at least 4 members (excludes halogenated alkanes) is 2. The molecule has 2 aromatic rings. The lowest BCUT2D eigenvalue weighted by atomic mass is 10.1. The van der Waals surface area contributed by atoms with E-state index < -0.39 is 0 Å². The van der Waals surface area contributed by atoms with Gasteiger partial charge in [0.25, 0.3) is 11.8 Å². The van der Waals surface area contributed by atoms with E-state index >= 15 is 0 Å². The minimum atomic E-state index is -0.186. The van der Waals surface area contributed by atoms with Crippen molar-refractivity contribution in [1.82, 2.24) is 14.9 Å². The first-order valence-electron chi connectivity index (χ1n) is 9.84. The van der Waals surface area contributed by atoms with E-state index in [1.54, 1.807) is 11.9 Å². The summed E-state index contributed by atoms with van der Waals surface area (Å²) < 4.78 is 1.94. The fourth-order valence-corrected chi connectivity index (χ4v) is 3.47. The predicted octanol–water partition coefficient (Wildman–Crippen LogP) is 3.42. The summed E-state index contributed by atoms with van der Waals surface area (Å²) in [7, 11) is 1.74. The molecule has 0 radical (unpaired) electrons. The van der Waals surface area contributed by atoms with Crippen LogP contribution >= 0.6 is 0 Å². The van der Waals surface area contributed by atoms with Gasteiger partial charge >= 0.3 is 0 Å². The van der Waals surface area contributed by atoms with Crippen LogP contribution < -0.4 is 10.2 Å². The van der Waals surface area contributed by atoms with E-state index in [1.807, 2.05) is 34.9 Å². The Hall–Kier alpha value is -2.63. The number of nitrogens with zero attached hydrogens (tertiary/aromatic N) is 3. The predicted molar refractivity (Wildman–Crippen MR) is 106 cm³/mol. The van der Waals surface area contributed by atoms with Gasteiger partial charge in [-0.15, -0.1) is 0 Å². The van der Waals surface area contributed by atoms with Crippen LogP contribution in [-0.4, -0.2) is 35.0 Å². The van der Waals surface area contributed by atoms with Crippen molar-refractivity contribution in [2.45, 2.75) is 52.0 Å². The van der Waals surface area contributed by atoms with E-state index in [9.17, 15) is 9.59 Å². The van der Waals surface area contributed by atoms with Crippen LogP contribution in [0.25, 0.3) is 0 Å². The summed E-state index contributed by atoms with van der Waals surface area (Å²) in [5, 5.41) is 2.96. The largest absolute Gasteiger partial charge is 0.351 e. The number of benzene rings is 1. The fourth-order valence-electron chi connectivity index (χ4n) is 3.47. The van der Waals surface area contributed by atoms with Crippen LogP contribution in [0.2, 0.25) is 0 Å². The zero-order chi connectivity index (χ0) is 19.2. The molecule has 0 saturated heterocycles. The number of para-hydroxylation sites is 1. The van der Waals surface area contributed by atoms with E-state index in [2.05, 4.69) is 17.2 Å². The summed E-state index contributed by atoms with van der Waals surface area (Å²) in [6.07, 6.45) is 5.96. The van der Waals surface area contributed by atoms with E-state index in [4.69, 9.17) is 0 Å². The maximum Gasteiger partial charge on any atom is 0.294 e. The van der Waals surface area contributed by atoms with Gasteiger partial charge in [-0.1, -0.05) is 38.0 Å². The molecule has 2 heterocycles. The molecule has 0 spiro atoms. The molecular weight excluding hydrogens is 340 g/mol. The van der Waals surface area contributed by atoms with Crippen LogP contribution in [0.5, 0.6) is 0 Å². The van der Waals surface area contributed by atoms with Crippen LogP contribution in [0, 0.1) is 0 Å². The summed E-state index contributed by atoms with van der Waals surface area (Å²) in [6, 6.07) is 9.49. The number of carbonyl (C=O) groups excluding carboxylic acids is 2. The van der Waals surface area contributed by atoms with Gasteiger partial charge in [-0.3, -0.25) is 9.59 Å². The van der Waals surface area contributed by atoms with Gasteiger partial charge in [0.2, 0.25) is 5.82 Å². The van der Waals surface area contributed by atoms with Gasteiger partial charge in [0.05, 0.1) is 5.69 Å². The highest BCUT2D eigenvalue weighted by Gasteiger charge is 2.29. The topological polar surface area (TPSA) is 67.2 Å². The molecule has 0 atom stereocenters. The number of hydrogen-bond donors (Lipinski definition) is 1. The van der Waals surface area contributed by atoms with Gasteiger partial charge in [-0.2, -0.15) is 0 Å². The molecule has 0 saturated carbocycles. The Morgan fingerprint density at radius 2 is 1.96 bits per heavy atom. The SMILES string of the molecule is CCCCCNC(=O)c1nc(C(=O)N(C)c2ccccc2)n2c1CCCC2. The lowest BCUT2D eigenvalue weighted by Gasteiger charge is -2.20. The second kappa shape index (κ2) is 8.84. The van der Waals surface area contributed by atoms with Crippen molar-refractivity contribution in [1.29, 1.82) is 0 Å². The summed E-state index contributed by atoms with van der Waals surface area (Å²) in [5.74, 6) is 0.00214. The first kappa shape index (κ1) is 19.1. The Morgan fingerprint density at radius 1 is 1.19 bits per heavy atom. The lowest BCUT2D eigenvalue weighted by molar-refractivity contribution is 0.0947. The van der Waals surface area contributed by atoms with Crippen molar-refractivity contribution in [2.75, 3.05) is 18.5 Å². The number of carbonyl (C=O) groups is 2. The van der Waals surface area contributed by atoms with Gasteiger partial charge in [0, 0.05) is 25.8 Å². The Morgan fingerprint density at radius 3 is 2.70 bits per heavy atom. The highest BCUT2D eigenvalue weighted by Crippen LogP contribution is 2.23. The van der Waals surface area contributed by atoms with Crippen LogP contribution in [0.1, 0.15) is 65.8 Å². The van der Waals surface area contributed by atoms with Gasteiger partial charge in [-0.25, -0.2) is 4.98 Å². The Labute approximate surface area is 160 Å². The lowest BCUT2D eigenvalue weighted by Crippen LogP contribution is -2.30. The van der Waals surface area contributed by atoms with Crippen LogP contribution in [-0.2, 0) is 13.0 Å². The van der Waals surface area contributed by atoms with Crippen molar-refractivity contribution < 1.29 is 9.59 Å². The zero-order valence-corrected chi connectivity index (χ0v) is 16.2. The molecule has 0 bridgehead atoms. The van der Waals surface area contributed by atoms with Crippen molar-refractivity contribution in [3.63, 3.8) is 0 Å². The monoisotopic (exact) mass is 368 g/mol. The van der Waals surface area contributed by atoms with E-state index in [0.29, 0.717) is 18.1 Å². The number of hydrogen-bond acceptors (Lipinski definition) is 3. The molecule has 1 aromatic carbocycles. The molecule has 1 aliphatic heterocycles. The Kier molecular flexibility index (Phi) is 6.27. The molecule has 6 heteroatoms. The second-order valence-corrected chi connectivity index (χ2v) is 7.00. The van der Waals surface area contributed by atoms with Crippen LogP contribution in [0.3, 0.4) is 0 Å². The Balaban J connectivity index is 1.84. The van der Waals surface area contributed by atoms with Crippen molar-refractivity contribution in [3.05, 3.63) is 47.5 Å². The standard InChI is InChI=1S/C21H28N4O2/c1-3-4-9-14-22-20(26)18-17-13-8-10-15-25(17)19(23-18)21(27)24(2)16-11-6-5-7-12-16/h5-7,11-12H,3-4,8-10,13-15H2,1-2H3,(H,22,26). The molecule has 1 aromatic heterocycles. The molecular formula is C21H28N4O2. The third-order valence-electron chi connectivity index (χ3n) is 5.04. The number of nitrogens with one attached hydrogen (secondary N) is 1. The summed E-state index contributed by atoms with van der Waals surface area (Å²) in [6.45, 7) is 3.51. The van der Waals surface area contributed by atoms with Crippen molar-refractivity contribution >= 4 is 17.5 Å². The normalized spacial score (nSPS) is 13.1.